The predicted molar refractivity (Wildman–Crippen MR) is 146 cm³/mol. The van der Waals surface area contributed by atoms with Gasteiger partial charge >= 0.3 is 211 Å². The van der Waals surface area contributed by atoms with E-state index in [1.165, 1.54) is 51.8 Å². The number of nitrogens with zero attached hydrogens (tertiary/aromatic N) is 3. The Bertz CT molecular complexity index is 1110. The summed E-state index contributed by atoms with van der Waals surface area (Å²) < 4.78 is 13.7. The Labute approximate surface area is 210 Å². The van der Waals surface area contributed by atoms with Gasteiger partial charge in [-0.05, 0) is 0 Å². The van der Waals surface area contributed by atoms with Crippen molar-refractivity contribution in [2.45, 2.75) is 86.1 Å². The first-order chi connectivity index (χ1) is 16.5. The molecule has 4 nitrogen and oxygen atoms in total. The van der Waals surface area contributed by atoms with E-state index in [4.69, 9.17) is 9.84 Å². The first-order valence-corrected chi connectivity index (χ1v) is 20.5. The second-order valence-electron chi connectivity index (χ2n) is 9.70. The standard InChI is InChI=1S/C17H14N3O.3C4H9.Sn/c1-12-6-5-7-13(10-18)15(12)11-20-16-9-4-3-8-14(16)17(19-20)21-2;3*1-3-4-2;/h3,5-9H,11H2,1-2H3;3*1,3-4H2,2H3;. The van der Waals surface area contributed by atoms with Crippen LogP contribution in [0.2, 0.25) is 13.3 Å². The zero-order chi connectivity index (χ0) is 24.6. The number of unbranched alkanes of at least 4 members (excludes halogenated alkanes) is 3. The summed E-state index contributed by atoms with van der Waals surface area (Å²) in [4.78, 5) is 0. The molecule has 0 aliphatic rings. The molecular weight excluding hydrogens is 525 g/mol. The first-order valence-electron chi connectivity index (χ1n) is 13.1. The normalized spacial score (nSPS) is 11.6. The molecule has 3 aromatic rings. The van der Waals surface area contributed by atoms with Crippen molar-refractivity contribution in [3.05, 3.63) is 53.1 Å². The van der Waals surface area contributed by atoms with Gasteiger partial charge in [0.25, 0.3) is 0 Å². The molecular formula is C29H41N3OSn. The number of hydrogen-bond donors (Lipinski definition) is 0. The van der Waals surface area contributed by atoms with Gasteiger partial charge in [0.2, 0.25) is 0 Å². The molecule has 0 bridgehead atoms. The molecule has 1 heterocycles. The van der Waals surface area contributed by atoms with Crippen molar-refractivity contribution in [1.29, 1.82) is 5.26 Å². The minimum absolute atomic E-state index is 0.584. The van der Waals surface area contributed by atoms with E-state index < -0.39 is 18.4 Å². The summed E-state index contributed by atoms with van der Waals surface area (Å²) in [6, 6.07) is 15.4. The summed E-state index contributed by atoms with van der Waals surface area (Å²) in [5, 5.41) is 15.6. The van der Waals surface area contributed by atoms with Crippen molar-refractivity contribution in [2.75, 3.05) is 7.11 Å². The Morgan fingerprint density at radius 2 is 1.62 bits per heavy atom. The monoisotopic (exact) mass is 567 g/mol. The van der Waals surface area contributed by atoms with Crippen LogP contribution in [0.15, 0.2) is 36.4 Å². The van der Waals surface area contributed by atoms with Gasteiger partial charge in [-0.1, -0.05) is 0 Å². The van der Waals surface area contributed by atoms with Gasteiger partial charge in [-0.2, -0.15) is 0 Å². The molecule has 5 heteroatoms. The van der Waals surface area contributed by atoms with Crippen LogP contribution < -0.4 is 8.32 Å². The number of nitriles is 1. The third-order valence-corrected chi connectivity index (χ3v) is 23.0. The summed E-state index contributed by atoms with van der Waals surface area (Å²) >= 11 is -2.57. The summed E-state index contributed by atoms with van der Waals surface area (Å²) in [6.45, 7) is 9.64. The second-order valence-corrected chi connectivity index (χ2v) is 22.9. The van der Waals surface area contributed by atoms with Crippen LogP contribution in [-0.4, -0.2) is 35.3 Å². The van der Waals surface area contributed by atoms with Crippen molar-refractivity contribution in [2.24, 2.45) is 0 Å². The second kappa shape index (κ2) is 12.6. The van der Waals surface area contributed by atoms with Crippen LogP contribution in [-0.2, 0) is 6.54 Å². The summed E-state index contributed by atoms with van der Waals surface area (Å²) in [6.07, 6.45) is 7.86. The van der Waals surface area contributed by atoms with Crippen LogP contribution in [0.25, 0.3) is 10.9 Å². The van der Waals surface area contributed by atoms with E-state index in [9.17, 15) is 5.26 Å². The molecule has 0 N–H and O–H groups in total. The fourth-order valence-corrected chi connectivity index (χ4v) is 21.2. The van der Waals surface area contributed by atoms with Crippen LogP contribution in [0.5, 0.6) is 5.88 Å². The zero-order valence-electron chi connectivity index (χ0n) is 21.8. The first kappa shape index (κ1) is 26.6. The van der Waals surface area contributed by atoms with Crippen molar-refractivity contribution in [1.82, 2.24) is 9.78 Å². The molecule has 182 valence electrons. The molecule has 0 aliphatic carbocycles. The predicted octanol–water partition coefficient (Wildman–Crippen LogP) is 7.33. The Morgan fingerprint density at radius 1 is 0.971 bits per heavy atom. The molecule has 0 amide bonds. The van der Waals surface area contributed by atoms with Crippen molar-refractivity contribution >= 4 is 32.9 Å². The number of aromatic nitrogens is 2. The Hall–Kier alpha value is -2.00. The summed E-state index contributed by atoms with van der Waals surface area (Å²) in [5.41, 5.74) is 4.04. The van der Waals surface area contributed by atoms with Crippen LogP contribution >= 0.6 is 0 Å². The van der Waals surface area contributed by atoms with E-state index in [0.29, 0.717) is 12.4 Å². The van der Waals surface area contributed by atoms with Gasteiger partial charge in [0.05, 0.1) is 0 Å². The molecule has 0 saturated heterocycles. The SMILES string of the molecule is CCC[CH2][Sn]([CH2]CCC)([CH2]CCC)[c]1ccc2c(OC)nn(Cc3c(C)cccc3C#N)c2c1. The number of methoxy groups -OCH3 is 1. The van der Waals surface area contributed by atoms with Crippen LogP contribution in [0.4, 0.5) is 0 Å². The third kappa shape index (κ3) is 5.79. The van der Waals surface area contributed by atoms with Gasteiger partial charge in [0.15, 0.2) is 0 Å². The molecule has 0 unspecified atom stereocenters. The molecule has 0 spiro atoms. The topological polar surface area (TPSA) is 50.8 Å². The van der Waals surface area contributed by atoms with Crippen LogP contribution in [0.3, 0.4) is 0 Å². The van der Waals surface area contributed by atoms with Gasteiger partial charge in [-0.25, -0.2) is 0 Å². The van der Waals surface area contributed by atoms with E-state index in [2.05, 4.69) is 62.7 Å². The molecule has 2 aromatic carbocycles. The average Bonchev–Trinajstić information content (AvgIpc) is 3.22. The maximum atomic E-state index is 9.69. The molecule has 0 atom stereocenters. The molecule has 0 radical (unpaired) electrons. The fraction of sp³-hybridized carbons (Fsp3) is 0.517. The number of hydrogen-bond acceptors (Lipinski definition) is 3. The van der Waals surface area contributed by atoms with Crippen molar-refractivity contribution in [3.63, 3.8) is 0 Å². The van der Waals surface area contributed by atoms with Crippen molar-refractivity contribution in [3.8, 4) is 11.9 Å². The number of fused-ring (bicyclic) bond motifs is 1. The van der Waals surface area contributed by atoms with Gasteiger partial charge in [-0.15, -0.1) is 0 Å². The third-order valence-electron chi connectivity index (χ3n) is 7.39. The number of aryl methyl sites for hydroxylation is 1. The fourth-order valence-electron chi connectivity index (χ4n) is 5.26. The summed E-state index contributed by atoms with van der Waals surface area (Å²) in [5.74, 6) is 0.671. The Morgan fingerprint density at radius 3 is 2.18 bits per heavy atom. The molecule has 0 saturated carbocycles. The molecule has 3 rings (SSSR count). The van der Waals surface area contributed by atoms with E-state index in [1.54, 1.807) is 10.7 Å². The maximum absolute atomic E-state index is 9.69. The Balaban J connectivity index is 2.15. The molecule has 0 aliphatic heterocycles. The van der Waals surface area contributed by atoms with Gasteiger partial charge in [-0.3, -0.25) is 0 Å². The van der Waals surface area contributed by atoms with Gasteiger partial charge < -0.3 is 0 Å². The van der Waals surface area contributed by atoms with Crippen molar-refractivity contribution < 1.29 is 4.74 Å². The molecule has 34 heavy (non-hydrogen) atoms. The minimum atomic E-state index is -2.57. The Kier molecular flexibility index (Phi) is 9.88. The number of ether oxygens (including phenoxy) is 1. The van der Waals surface area contributed by atoms with E-state index in [1.807, 2.05) is 12.1 Å². The number of rotatable bonds is 13. The zero-order valence-corrected chi connectivity index (χ0v) is 24.6. The molecule has 1 aromatic heterocycles. The van der Waals surface area contributed by atoms with E-state index in [0.717, 1.165) is 27.6 Å². The van der Waals surface area contributed by atoms with Gasteiger partial charge in [0, 0.05) is 0 Å². The number of benzene rings is 2. The summed E-state index contributed by atoms with van der Waals surface area (Å²) in [7, 11) is 1.70. The quantitative estimate of drug-likeness (QED) is 0.204. The van der Waals surface area contributed by atoms with Crippen LogP contribution in [0, 0.1) is 18.3 Å². The van der Waals surface area contributed by atoms with E-state index in [-0.39, 0.29) is 0 Å². The van der Waals surface area contributed by atoms with E-state index >= 15 is 0 Å². The van der Waals surface area contributed by atoms with Crippen LogP contribution in [0.1, 0.15) is 76.0 Å². The average molecular weight is 566 g/mol. The molecule has 0 fully saturated rings. The van der Waals surface area contributed by atoms with Gasteiger partial charge in [0.1, 0.15) is 0 Å².